The molecule has 0 aliphatic rings. The van der Waals surface area contributed by atoms with Crippen LogP contribution in [0, 0.1) is 0 Å². The molecule has 0 saturated heterocycles. The molecule has 0 spiro atoms. The van der Waals surface area contributed by atoms with E-state index in [1.165, 1.54) is 23.3 Å². The maximum absolute atomic E-state index is 8.61. The van der Waals surface area contributed by atoms with Gasteiger partial charge in [0.25, 0.3) is 0 Å². The van der Waals surface area contributed by atoms with Crippen molar-refractivity contribution < 1.29 is 2.74 Å². The highest BCUT2D eigenvalue weighted by molar-refractivity contribution is 6.91. The summed E-state index contributed by atoms with van der Waals surface area (Å²) in [5.41, 5.74) is 3.18. The number of hydrogen-bond donors (Lipinski definition) is 0. The maximum Gasteiger partial charge on any atom is 0.0879 e. The van der Waals surface area contributed by atoms with Gasteiger partial charge < -0.3 is 0 Å². The molecule has 0 N–H and O–H groups in total. The second kappa shape index (κ2) is 8.46. The predicted octanol–water partition coefficient (Wildman–Crippen LogP) is 6.05. The van der Waals surface area contributed by atoms with Crippen molar-refractivity contribution in [2.45, 2.75) is 45.3 Å². The lowest BCUT2D eigenvalue weighted by Crippen LogP contribution is -2.45. The van der Waals surface area contributed by atoms with E-state index in [2.05, 4.69) is 39.1 Å². The molecular weight excluding hydrogens is 330 g/mol. The predicted molar refractivity (Wildman–Crippen MR) is 116 cm³/mol. The van der Waals surface area contributed by atoms with Crippen molar-refractivity contribution in [1.82, 2.24) is 4.98 Å². The zero-order valence-electron chi connectivity index (χ0n) is 18.0. The minimum absolute atomic E-state index is 0.654. The highest BCUT2D eigenvalue weighted by Gasteiger charge is 2.29. The van der Waals surface area contributed by atoms with Crippen LogP contribution in [0.5, 0.6) is 0 Å². The number of pyridine rings is 1. The van der Waals surface area contributed by atoms with Gasteiger partial charge in [0, 0.05) is 14.5 Å². The molecule has 26 heavy (non-hydrogen) atoms. The molecule has 1 heterocycles. The zero-order valence-corrected chi connectivity index (χ0v) is 17.0. The van der Waals surface area contributed by atoms with E-state index < -0.39 is 14.4 Å². The van der Waals surface area contributed by atoms with Crippen LogP contribution in [0.2, 0.25) is 18.1 Å². The van der Waals surface area contributed by atoms with Crippen LogP contribution in [0.4, 0.5) is 0 Å². The van der Waals surface area contributed by atoms with E-state index in [4.69, 9.17) is 7.73 Å². The molecule has 2 aromatic carbocycles. The van der Waals surface area contributed by atoms with E-state index in [0.29, 0.717) is 11.1 Å². The first kappa shape index (κ1) is 16.0. The summed E-state index contributed by atoms with van der Waals surface area (Å²) in [5.74, 6) is 0. The van der Waals surface area contributed by atoms with E-state index in [1.807, 2.05) is 54.6 Å². The molecule has 0 saturated carbocycles. The second-order valence-corrected chi connectivity index (χ2v) is 12.1. The van der Waals surface area contributed by atoms with Gasteiger partial charge in [0.15, 0.2) is 0 Å². The van der Waals surface area contributed by atoms with E-state index >= 15 is 0 Å². The molecule has 3 rings (SSSR count). The van der Waals surface area contributed by atoms with Gasteiger partial charge in [-0.15, -0.1) is 0 Å². The van der Waals surface area contributed by atoms with Gasteiger partial charge in [-0.05, 0) is 34.8 Å². The Bertz CT molecular complexity index is 895. The molecule has 1 aromatic heterocycles. The summed E-state index contributed by atoms with van der Waals surface area (Å²) < 4.78 is 17.2. The number of aromatic nitrogens is 1. The van der Waals surface area contributed by atoms with Crippen molar-refractivity contribution in [3.8, 4) is 11.3 Å². The number of hydrogen-bond acceptors (Lipinski definition) is 1. The Kier molecular flexibility index (Phi) is 5.21. The summed E-state index contributed by atoms with van der Waals surface area (Å²) in [6.07, 6.45) is 0.530. The Hall–Kier alpha value is -2.19. The normalized spacial score (nSPS) is 13.2. The molecule has 3 aromatic rings. The van der Waals surface area contributed by atoms with Crippen molar-refractivity contribution >= 4 is 13.3 Å². The molecule has 2 heteroatoms. The number of benzene rings is 2. The van der Waals surface area contributed by atoms with Crippen molar-refractivity contribution in [1.29, 1.82) is 0 Å². The molecule has 0 fully saturated rings. The molecule has 0 amide bonds. The van der Waals surface area contributed by atoms with Crippen molar-refractivity contribution in [2.75, 3.05) is 0 Å². The Balaban J connectivity index is 1.95. The van der Waals surface area contributed by atoms with Crippen LogP contribution in [-0.4, -0.2) is 13.1 Å². The Morgan fingerprint density at radius 1 is 0.808 bits per heavy atom. The topological polar surface area (TPSA) is 12.9 Å². The Morgan fingerprint density at radius 3 is 2.12 bits per heavy atom. The Morgan fingerprint density at radius 2 is 1.50 bits per heavy atom. The minimum Gasteiger partial charge on any atom is -0.256 e. The fraction of sp³-hybridized carbons (Fsp3) is 0.292. The van der Waals surface area contributed by atoms with Crippen molar-refractivity contribution in [3.05, 3.63) is 84.1 Å². The molecule has 0 unspecified atom stereocenters. The third kappa shape index (κ3) is 3.96. The SMILES string of the molecule is [2H]C([2H])(c1ccccc1)c1cccc(-c2ccc([Si](CC)(CC)CC)cn2)c1. The lowest BCUT2D eigenvalue weighted by molar-refractivity contribution is 1.18. The molecular formula is C24H29NSi. The summed E-state index contributed by atoms with van der Waals surface area (Å²) in [5, 5.41) is 1.43. The van der Waals surface area contributed by atoms with Crippen LogP contribution in [0.15, 0.2) is 72.9 Å². The highest BCUT2D eigenvalue weighted by atomic mass is 28.3. The van der Waals surface area contributed by atoms with Gasteiger partial charge >= 0.3 is 0 Å². The smallest absolute Gasteiger partial charge is 0.0879 e. The first-order valence-corrected chi connectivity index (χ1v) is 12.2. The van der Waals surface area contributed by atoms with Gasteiger partial charge in [-0.25, -0.2) is 0 Å². The van der Waals surface area contributed by atoms with Gasteiger partial charge in [-0.3, -0.25) is 4.98 Å². The lowest BCUT2D eigenvalue weighted by atomic mass is 10.0. The molecule has 0 aliphatic carbocycles. The first-order chi connectivity index (χ1) is 13.5. The zero-order chi connectivity index (χ0) is 20.2. The van der Waals surface area contributed by atoms with Gasteiger partial charge in [-0.2, -0.15) is 0 Å². The molecule has 0 bridgehead atoms. The molecule has 0 atom stereocenters. The van der Waals surface area contributed by atoms with Gasteiger partial charge in [0.2, 0.25) is 0 Å². The summed E-state index contributed by atoms with van der Waals surface area (Å²) in [4.78, 5) is 4.77. The quantitative estimate of drug-likeness (QED) is 0.466. The van der Waals surface area contributed by atoms with Crippen LogP contribution in [0.1, 0.15) is 34.6 Å². The first-order valence-electron chi connectivity index (χ1n) is 10.6. The summed E-state index contributed by atoms with van der Waals surface area (Å²) in [6.45, 7) is 6.92. The van der Waals surface area contributed by atoms with Crippen LogP contribution >= 0.6 is 0 Å². The van der Waals surface area contributed by atoms with E-state index in [1.54, 1.807) is 0 Å². The molecule has 0 aliphatic heterocycles. The number of nitrogens with zero attached hydrogens (tertiary/aromatic N) is 1. The molecule has 0 radical (unpaired) electrons. The van der Waals surface area contributed by atoms with Crippen molar-refractivity contribution in [2.24, 2.45) is 0 Å². The maximum atomic E-state index is 8.61. The van der Waals surface area contributed by atoms with Gasteiger partial charge in [0.1, 0.15) is 0 Å². The van der Waals surface area contributed by atoms with E-state index in [0.717, 1.165) is 11.3 Å². The summed E-state index contributed by atoms with van der Waals surface area (Å²) in [7, 11) is -1.42. The van der Waals surface area contributed by atoms with Crippen LogP contribution in [0.25, 0.3) is 11.3 Å². The van der Waals surface area contributed by atoms with Crippen LogP contribution in [0.3, 0.4) is 0 Å². The standard InChI is InChI=1S/C24H29NSi/c1-4-26(5-2,6-3)23-15-16-24(25-19-23)22-14-10-13-21(18-22)17-20-11-8-7-9-12-20/h7-16,18-19H,4-6,17H2,1-3H3/i17D2. The molecule has 134 valence electrons. The second-order valence-electron chi connectivity index (χ2n) is 6.84. The molecule has 1 nitrogen and oxygen atoms in total. The van der Waals surface area contributed by atoms with Gasteiger partial charge in [-0.1, -0.05) is 93.5 Å². The largest absolute Gasteiger partial charge is 0.256 e. The highest BCUT2D eigenvalue weighted by Crippen LogP contribution is 2.23. The average Bonchev–Trinajstić information content (AvgIpc) is 2.76. The number of rotatable bonds is 7. The third-order valence-electron chi connectivity index (χ3n) is 5.63. The fourth-order valence-corrected chi connectivity index (χ4v) is 7.19. The van der Waals surface area contributed by atoms with Gasteiger partial charge in [0.05, 0.1) is 13.8 Å². The van der Waals surface area contributed by atoms with E-state index in [9.17, 15) is 0 Å². The fourth-order valence-electron chi connectivity index (χ4n) is 3.69. The average molecular weight is 362 g/mol. The third-order valence-corrected chi connectivity index (χ3v) is 11.2. The monoisotopic (exact) mass is 361 g/mol. The lowest BCUT2D eigenvalue weighted by Gasteiger charge is -2.28. The minimum atomic E-state index is -1.54. The van der Waals surface area contributed by atoms with Crippen LogP contribution in [-0.2, 0) is 6.37 Å². The van der Waals surface area contributed by atoms with Crippen LogP contribution < -0.4 is 5.19 Å². The summed E-state index contributed by atoms with van der Waals surface area (Å²) >= 11 is 0. The Labute approximate surface area is 162 Å². The summed E-state index contributed by atoms with van der Waals surface area (Å²) in [6, 6.07) is 25.1. The van der Waals surface area contributed by atoms with Crippen molar-refractivity contribution in [3.63, 3.8) is 0 Å². The van der Waals surface area contributed by atoms with E-state index in [-0.39, 0.29) is 0 Å².